The Balaban J connectivity index is 2.15. The molecule has 0 aromatic heterocycles. The first-order chi connectivity index (χ1) is 11.2. The van der Waals surface area contributed by atoms with Crippen LogP contribution in [0, 0.1) is 0 Å². The summed E-state index contributed by atoms with van der Waals surface area (Å²) in [5, 5.41) is 24.5. The van der Waals surface area contributed by atoms with Crippen LogP contribution in [0.15, 0.2) is 66.7 Å². The molecule has 3 nitrogen and oxygen atoms in total. The minimum atomic E-state index is 0.119. The van der Waals surface area contributed by atoms with Crippen LogP contribution >= 0.6 is 0 Å². The van der Waals surface area contributed by atoms with Crippen LogP contribution in [0.2, 0.25) is 0 Å². The van der Waals surface area contributed by atoms with Gasteiger partial charge in [0.15, 0.2) is 0 Å². The Bertz CT molecular complexity index is 1050. The van der Waals surface area contributed by atoms with E-state index in [2.05, 4.69) is 0 Å². The molecule has 0 aliphatic carbocycles. The first-order valence-electron chi connectivity index (χ1n) is 7.38. The molecule has 0 atom stereocenters. The maximum atomic E-state index is 10.7. The molecule has 0 amide bonds. The molecule has 23 heavy (non-hydrogen) atoms. The highest BCUT2D eigenvalue weighted by Gasteiger charge is 2.16. The second-order valence-corrected chi connectivity index (χ2v) is 5.59. The lowest BCUT2D eigenvalue weighted by Gasteiger charge is -2.14. The highest BCUT2D eigenvalue weighted by molar-refractivity contribution is 6.08. The van der Waals surface area contributed by atoms with Gasteiger partial charge in [0.25, 0.3) is 0 Å². The lowest BCUT2D eigenvalue weighted by Crippen LogP contribution is -1.91. The summed E-state index contributed by atoms with van der Waals surface area (Å²) in [6, 6.07) is 20.4. The van der Waals surface area contributed by atoms with Crippen molar-refractivity contribution in [3.05, 3.63) is 66.7 Å². The molecule has 4 rings (SSSR count). The van der Waals surface area contributed by atoms with Gasteiger partial charge < -0.3 is 15.9 Å². The summed E-state index contributed by atoms with van der Waals surface area (Å²) in [5.74, 6) is 0.245. The van der Waals surface area contributed by atoms with E-state index in [0.717, 1.165) is 16.2 Å². The maximum Gasteiger partial charge on any atom is 0.131 e. The maximum absolute atomic E-state index is 10.7. The van der Waals surface area contributed by atoms with Crippen LogP contribution < -0.4 is 5.73 Å². The third-order valence-electron chi connectivity index (χ3n) is 4.22. The fourth-order valence-corrected chi connectivity index (χ4v) is 3.12. The van der Waals surface area contributed by atoms with E-state index >= 15 is 0 Å². The standard InChI is InChI=1S/C20H15NO2/c21-17-11-16(20(23)15-8-4-3-7-14(15)17)19-13-6-2-1-5-12(13)9-10-18(19)22/h1-11,22-23H,21H2. The van der Waals surface area contributed by atoms with Gasteiger partial charge in [-0.1, -0.05) is 54.6 Å². The first-order valence-corrected chi connectivity index (χ1v) is 7.38. The van der Waals surface area contributed by atoms with E-state index in [0.29, 0.717) is 22.2 Å². The second kappa shape index (κ2) is 4.92. The monoisotopic (exact) mass is 301 g/mol. The summed E-state index contributed by atoms with van der Waals surface area (Å²) < 4.78 is 0. The molecule has 0 unspecified atom stereocenters. The number of phenols is 2. The molecule has 0 saturated carbocycles. The molecule has 0 bridgehead atoms. The molecule has 4 N–H and O–H groups in total. The van der Waals surface area contributed by atoms with Crippen molar-refractivity contribution in [3.63, 3.8) is 0 Å². The van der Waals surface area contributed by atoms with Crippen LogP contribution in [0.3, 0.4) is 0 Å². The number of nitrogen functional groups attached to an aromatic ring is 1. The average molecular weight is 301 g/mol. The number of aromatic hydroxyl groups is 2. The summed E-state index contributed by atoms with van der Waals surface area (Å²) >= 11 is 0. The molecule has 0 aliphatic rings. The fraction of sp³-hybridized carbons (Fsp3) is 0. The van der Waals surface area contributed by atoms with Crippen LogP contribution in [0.25, 0.3) is 32.7 Å². The summed E-state index contributed by atoms with van der Waals surface area (Å²) in [6.45, 7) is 0. The zero-order valence-corrected chi connectivity index (χ0v) is 12.3. The predicted molar refractivity (Wildman–Crippen MR) is 94.6 cm³/mol. The Hall–Kier alpha value is -3.20. The lowest BCUT2D eigenvalue weighted by atomic mass is 9.93. The van der Waals surface area contributed by atoms with Crippen LogP contribution in [0.5, 0.6) is 11.5 Å². The van der Waals surface area contributed by atoms with Crippen molar-refractivity contribution >= 4 is 27.2 Å². The van der Waals surface area contributed by atoms with Crippen molar-refractivity contribution in [1.82, 2.24) is 0 Å². The predicted octanol–water partition coefficient (Wildman–Crippen LogP) is 4.65. The third-order valence-corrected chi connectivity index (χ3v) is 4.22. The van der Waals surface area contributed by atoms with Crippen molar-refractivity contribution in [2.45, 2.75) is 0 Å². The molecular formula is C20H15NO2. The third kappa shape index (κ3) is 1.98. The van der Waals surface area contributed by atoms with Crippen molar-refractivity contribution in [2.24, 2.45) is 0 Å². The van der Waals surface area contributed by atoms with E-state index in [4.69, 9.17) is 5.73 Å². The minimum absolute atomic E-state index is 0.119. The van der Waals surface area contributed by atoms with Gasteiger partial charge in [-0.2, -0.15) is 0 Å². The minimum Gasteiger partial charge on any atom is -0.507 e. The molecular weight excluding hydrogens is 286 g/mol. The molecule has 0 heterocycles. The van der Waals surface area contributed by atoms with Crippen LogP contribution in [0.1, 0.15) is 0 Å². The summed E-state index contributed by atoms with van der Waals surface area (Å²) in [4.78, 5) is 0. The highest BCUT2D eigenvalue weighted by Crippen LogP contribution is 2.45. The van der Waals surface area contributed by atoms with Crippen molar-refractivity contribution in [2.75, 3.05) is 5.73 Å². The first kappa shape index (κ1) is 13.5. The van der Waals surface area contributed by atoms with Gasteiger partial charge in [-0.15, -0.1) is 0 Å². The number of rotatable bonds is 1. The van der Waals surface area contributed by atoms with Crippen molar-refractivity contribution in [1.29, 1.82) is 0 Å². The normalized spacial score (nSPS) is 11.1. The number of hydrogen-bond acceptors (Lipinski definition) is 3. The molecule has 0 spiro atoms. The van der Waals surface area contributed by atoms with Crippen LogP contribution in [-0.4, -0.2) is 10.2 Å². The topological polar surface area (TPSA) is 66.5 Å². The lowest BCUT2D eigenvalue weighted by molar-refractivity contribution is 0.472. The molecule has 0 radical (unpaired) electrons. The van der Waals surface area contributed by atoms with E-state index in [1.807, 2.05) is 54.6 Å². The summed E-state index contributed by atoms with van der Waals surface area (Å²) in [7, 11) is 0. The van der Waals surface area contributed by atoms with E-state index < -0.39 is 0 Å². The van der Waals surface area contributed by atoms with E-state index in [1.54, 1.807) is 12.1 Å². The van der Waals surface area contributed by atoms with E-state index in [1.165, 1.54) is 0 Å². The van der Waals surface area contributed by atoms with Gasteiger partial charge in [-0.05, 0) is 22.9 Å². The molecule has 3 heteroatoms. The Morgan fingerprint density at radius 3 is 2.13 bits per heavy atom. The molecule has 4 aromatic rings. The summed E-state index contributed by atoms with van der Waals surface area (Å²) in [5.41, 5.74) is 7.87. The molecule has 0 aliphatic heterocycles. The van der Waals surface area contributed by atoms with Crippen molar-refractivity contribution in [3.8, 4) is 22.6 Å². The van der Waals surface area contributed by atoms with Gasteiger partial charge in [0.05, 0.1) is 0 Å². The van der Waals surface area contributed by atoms with Gasteiger partial charge in [0.2, 0.25) is 0 Å². The molecule has 112 valence electrons. The fourth-order valence-electron chi connectivity index (χ4n) is 3.12. The Morgan fingerprint density at radius 1 is 0.696 bits per heavy atom. The van der Waals surface area contributed by atoms with Gasteiger partial charge in [-0.25, -0.2) is 0 Å². The average Bonchev–Trinajstić information content (AvgIpc) is 2.58. The number of hydrogen-bond donors (Lipinski definition) is 3. The zero-order valence-electron chi connectivity index (χ0n) is 12.3. The van der Waals surface area contributed by atoms with Gasteiger partial charge >= 0.3 is 0 Å². The molecule has 4 aromatic carbocycles. The quantitative estimate of drug-likeness (QED) is 0.354. The highest BCUT2D eigenvalue weighted by atomic mass is 16.3. The summed E-state index contributed by atoms with van der Waals surface area (Å²) in [6.07, 6.45) is 0. The Morgan fingerprint density at radius 2 is 1.35 bits per heavy atom. The van der Waals surface area contributed by atoms with Crippen molar-refractivity contribution < 1.29 is 10.2 Å². The number of anilines is 1. The number of fused-ring (bicyclic) bond motifs is 2. The van der Waals surface area contributed by atoms with Gasteiger partial charge in [0.1, 0.15) is 11.5 Å². The number of nitrogens with two attached hydrogens (primary N) is 1. The Labute approximate surface area is 133 Å². The molecule has 0 fully saturated rings. The largest absolute Gasteiger partial charge is 0.507 e. The number of benzene rings is 4. The van der Waals surface area contributed by atoms with Gasteiger partial charge in [-0.3, -0.25) is 0 Å². The smallest absolute Gasteiger partial charge is 0.131 e. The second-order valence-electron chi connectivity index (χ2n) is 5.59. The van der Waals surface area contributed by atoms with Crippen LogP contribution in [0.4, 0.5) is 5.69 Å². The van der Waals surface area contributed by atoms with Gasteiger partial charge in [0, 0.05) is 27.6 Å². The SMILES string of the molecule is Nc1cc(-c2c(O)ccc3ccccc23)c(O)c2ccccc12. The zero-order chi connectivity index (χ0) is 16.0. The molecule has 0 saturated heterocycles. The number of phenolic OH excluding ortho intramolecular Hbond substituents is 2. The Kier molecular flexibility index (Phi) is 2.88. The van der Waals surface area contributed by atoms with E-state index in [9.17, 15) is 10.2 Å². The van der Waals surface area contributed by atoms with Crippen LogP contribution in [-0.2, 0) is 0 Å². The van der Waals surface area contributed by atoms with E-state index in [-0.39, 0.29) is 11.5 Å².